The second kappa shape index (κ2) is 5.49. The van der Waals surface area contributed by atoms with Gasteiger partial charge in [-0.3, -0.25) is 14.4 Å². The van der Waals surface area contributed by atoms with Gasteiger partial charge in [-0.1, -0.05) is 18.2 Å². The molecule has 2 aliphatic heterocycles. The number of fused-ring (bicyclic) bond motifs is 1. The van der Waals surface area contributed by atoms with Crippen molar-refractivity contribution in [1.29, 1.82) is 0 Å². The van der Waals surface area contributed by atoms with Crippen molar-refractivity contribution in [3.63, 3.8) is 0 Å². The lowest BCUT2D eigenvalue weighted by Crippen LogP contribution is -2.49. The average molecular weight is 310 g/mol. The highest BCUT2D eigenvalue weighted by Crippen LogP contribution is 2.41. The predicted octanol–water partition coefficient (Wildman–Crippen LogP) is 2.20. The molecule has 1 aromatic heterocycles. The van der Waals surface area contributed by atoms with E-state index in [2.05, 4.69) is 33.5 Å². The Morgan fingerprint density at radius 3 is 2.74 bits per heavy atom. The molecule has 1 fully saturated rings. The van der Waals surface area contributed by atoms with Crippen molar-refractivity contribution in [2.75, 3.05) is 18.4 Å². The van der Waals surface area contributed by atoms with Gasteiger partial charge in [-0.05, 0) is 50.0 Å². The van der Waals surface area contributed by atoms with Gasteiger partial charge in [0.15, 0.2) is 0 Å². The smallest absolute Gasteiger partial charge is 0.231 e. The summed E-state index contributed by atoms with van der Waals surface area (Å²) in [6, 6.07) is 10.2. The Morgan fingerprint density at radius 2 is 2.00 bits per heavy atom. The van der Waals surface area contributed by atoms with Crippen molar-refractivity contribution in [1.82, 2.24) is 14.7 Å². The lowest BCUT2D eigenvalue weighted by molar-refractivity contribution is -0.129. The molecule has 2 aromatic rings. The number of anilines is 1. The summed E-state index contributed by atoms with van der Waals surface area (Å²) in [5, 5.41) is 7.35. The lowest BCUT2D eigenvalue weighted by atomic mass is 9.71. The van der Waals surface area contributed by atoms with Crippen LogP contribution < -0.4 is 5.32 Å². The number of nitrogens with zero attached hydrogens (tertiary/aromatic N) is 3. The minimum atomic E-state index is -0.225. The summed E-state index contributed by atoms with van der Waals surface area (Å²) in [6.45, 7) is 2.83. The molecule has 0 bridgehead atoms. The van der Waals surface area contributed by atoms with E-state index in [9.17, 15) is 4.79 Å². The molecular formula is C18H22N4O. The monoisotopic (exact) mass is 310 g/mol. The molecule has 23 heavy (non-hydrogen) atoms. The van der Waals surface area contributed by atoms with Gasteiger partial charge in [-0.25, -0.2) is 0 Å². The van der Waals surface area contributed by atoms with Gasteiger partial charge in [0, 0.05) is 25.5 Å². The van der Waals surface area contributed by atoms with E-state index in [1.54, 1.807) is 0 Å². The fraction of sp³-hybridized carbons (Fsp3) is 0.444. The van der Waals surface area contributed by atoms with Gasteiger partial charge in [-0.15, -0.1) is 0 Å². The number of nitrogens with one attached hydrogen (secondary N) is 1. The highest BCUT2D eigenvalue weighted by molar-refractivity contribution is 5.98. The molecule has 3 heterocycles. The summed E-state index contributed by atoms with van der Waals surface area (Å²) >= 11 is 0. The molecule has 2 aliphatic rings. The third-order valence-electron chi connectivity index (χ3n) is 5.40. The Morgan fingerprint density at radius 1 is 1.22 bits per heavy atom. The van der Waals surface area contributed by atoms with Crippen LogP contribution in [0.25, 0.3) is 0 Å². The molecule has 1 spiro atoms. The number of piperidine rings is 1. The summed E-state index contributed by atoms with van der Waals surface area (Å²) < 4.78 is 1.92. The van der Waals surface area contributed by atoms with Gasteiger partial charge < -0.3 is 5.32 Å². The average Bonchev–Trinajstić information content (AvgIpc) is 2.96. The Balaban J connectivity index is 1.46. The number of rotatable bonds is 2. The van der Waals surface area contributed by atoms with Crippen LogP contribution in [-0.2, 0) is 24.8 Å². The van der Waals surface area contributed by atoms with Crippen LogP contribution in [0.15, 0.2) is 36.5 Å². The maximum Gasteiger partial charge on any atom is 0.231 e. The van der Waals surface area contributed by atoms with Crippen LogP contribution in [0.2, 0.25) is 0 Å². The van der Waals surface area contributed by atoms with Crippen LogP contribution in [0.3, 0.4) is 0 Å². The first-order valence-corrected chi connectivity index (χ1v) is 8.25. The molecule has 0 saturated carbocycles. The number of aromatic nitrogens is 2. The summed E-state index contributed by atoms with van der Waals surface area (Å²) in [5.41, 5.74) is 3.25. The molecule has 120 valence electrons. The van der Waals surface area contributed by atoms with Gasteiger partial charge in [0.05, 0.1) is 11.1 Å². The van der Waals surface area contributed by atoms with Crippen LogP contribution in [0.5, 0.6) is 0 Å². The number of hydrogen-bond acceptors (Lipinski definition) is 3. The van der Waals surface area contributed by atoms with Crippen molar-refractivity contribution in [2.45, 2.75) is 25.8 Å². The maximum absolute atomic E-state index is 12.7. The largest absolute Gasteiger partial charge is 0.325 e. The van der Waals surface area contributed by atoms with E-state index >= 15 is 0 Å². The normalized spacial score (nSPS) is 20.3. The molecule has 1 aromatic carbocycles. The van der Waals surface area contributed by atoms with Crippen LogP contribution in [-0.4, -0.2) is 33.7 Å². The molecule has 0 radical (unpaired) electrons. The van der Waals surface area contributed by atoms with E-state index in [-0.39, 0.29) is 11.3 Å². The number of aryl methyl sites for hydroxylation is 1. The number of para-hydroxylation sites is 1. The molecule has 0 unspecified atom stereocenters. The summed E-state index contributed by atoms with van der Waals surface area (Å²) in [7, 11) is 1.98. The topological polar surface area (TPSA) is 50.2 Å². The molecule has 4 rings (SSSR count). The molecule has 5 nitrogen and oxygen atoms in total. The molecule has 1 saturated heterocycles. The fourth-order valence-corrected chi connectivity index (χ4v) is 3.82. The number of hydrogen-bond donors (Lipinski definition) is 1. The second-order valence-electron chi connectivity index (χ2n) is 6.79. The minimum absolute atomic E-state index is 0.205. The number of carbonyl (C=O) groups excluding carboxylic acids is 1. The number of likely N-dealkylation sites (tertiary alicyclic amines) is 1. The SMILES string of the molecule is Cn1nccc1CN1CCC2(CC1)Cc1ccccc1NC2=O. The van der Waals surface area contributed by atoms with Crippen molar-refractivity contribution < 1.29 is 4.79 Å². The molecule has 0 aliphatic carbocycles. The maximum atomic E-state index is 12.7. The zero-order chi connectivity index (χ0) is 15.9. The zero-order valence-electron chi connectivity index (χ0n) is 13.5. The molecule has 1 amide bonds. The Bertz CT molecular complexity index is 728. The third kappa shape index (κ3) is 2.55. The summed E-state index contributed by atoms with van der Waals surface area (Å²) in [6.07, 6.45) is 4.55. The highest BCUT2D eigenvalue weighted by Gasteiger charge is 2.44. The predicted molar refractivity (Wildman–Crippen MR) is 88.9 cm³/mol. The van der Waals surface area contributed by atoms with Crippen molar-refractivity contribution in [2.24, 2.45) is 12.5 Å². The Labute approximate surface area is 136 Å². The van der Waals surface area contributed by atoms with E-state index in [1.165, 1.54) is 11.3 Å². The first kappa shape index (κ1) is 14.5. The Hall–Kier alpha value is -2.14. The van der Waals surface area contributed by atoms with Crippen LogP contribution in [0.4, 0.5) is 5.69 Å². The second-order valence-corrected chi connectivity index (χ2v) is 6.79. The first-order chi connectivity index (χ1) is 11.2. The number of carbonyl (C=O) groups is 1. The van der Waals surface area contributed by atoms with E-state index in [1.807, 2.05) is 30.1 Å². The van der Waals surface area contributed by atoms with Gasteiger partial charge in [0.25, 0.3) is 0 Å². The zero-order valence-corrected chi connectivity index (χ0v) is 13.5. The summed E-state index contributed by atoms with van der Waals surface area (Å²) in [5.74, 6) is 0.205. The van der Waals surface area contributed by atoms with Crippen molar-refractivity contribution in [3.05, 3.63) is 47.8 Å². The molecule has 0 atom stereocenters. The minimum Gasteiger partial charge on any atom is -0.325 e. The first-order valence-electron chi connectivity index (χ1n) is 8.25. The van der Waals surface area contributed by atoms with Gasteiger partial charge >= 0.3 is 0 Å². The standard InChI is InChI=1S/C18H22N4O/c1-21-15(6-9-19-21)13-22-10-7-18(8-11-22)12-14-4-2-3-5-16(14)20-17(18)23/h2-6,9H,7-8,10-13H2,1H3,(H,20,23). The van der Waals surface area contributed by atoms with Gasteiger partial charge in [0.1, 0.15) is 0 Å². The fourth-order valence-electron chi connectivity index (χ4n) is 3.82. The molecule has 5 heteroatoms. The Kier molecular flexibility index (Phi) is 3.45. The number of benzene rings is 1. The van der Waals surface area contributed by atoms with Gasteiger partial charge in [-0.2, -0.15) is 5.10 Å². The lowest BCUT2D eigenvalue weighted by Gasteiger charge is -2.43. The van der Waals surface area contributed by atoms with Crippen molar-refractivity contribution in [3.8, 4) is 0 Å². The van der Waals surface area contributed by atoms with E-state index in [0.29, 0.717) is 0 Å². The van der Waals surface area contributed by atoms with E-state index < -0.39 is 0 Å². The third-order valence-corrected chi connectivity index (χ3v) is 5.40. The quantitative estimate of drug-likeness (QED) is 0.925. The molecule has 1 N–H and O–H groups in total. The van der Waals surface area contributed by atoms with E-state index in [4.69, 9.17) is 0 Å². The number of amides is 1. The highest BCUT2D eigenvalue weighted by atomic mass is 16.2. The van der Waals surface area contributed by atoms with Gasteiger partial charge in [0.2, 0.25) is 5.91 Å². The summed E-state index contributed by atoms with van der Waals surface area (Å²) in [4.78, 5) is 15.1. The van der Waals surface area contributed by atoms with E-state index in [0.717, 1.165) is 44.6 Å². The van der Waals surface area contributed by atoms with Crippen LogP contribution >= 0.6 is 0 Å². The van der Waals surface area contributed by atoms with Crippen molar-refractivity contribution >= 4 is 11.6 Å². The molecular weight excluding hydrogens is 288 g/mol. The van der Waals surface area contributed by atoms with Crippen LogP contribution in [0, 0.1) is 5.41 Å². The van der Waals surface area contributed by atoms with Crippen LogP contribution in [0.1, 0.15) is 24.1 Å².